The zero-order valence-electron chi connectivity index (χ0n) is 14.0. The van der Waals surface area contributed by atoms with Gasteiger partial charge in [-0.25, -0.2) is 0 Å². The monoisotopic (exact) mass is 361 g/mol. The number of likely N-dealkylation sites (tertiary alicyclic amines) is 1. The summed E-state index contributed by atoms with van der Waals surface area (Å²) in [6.45, 7) is 2.36. The third kappa shape index (κ3) is 4.39. The molecule has 0 spiro atoms. The molecule has 3 rings (SSSR count). The largest absolute Gasteiger partial charge is 0.360 e. The molecule has 1 fully saturated rings. The number of hydrogen-bond donors (Lipinski definition) is 1. The van der Waals surface area contributed by atoms with Crippen LogP contribution in [0.1, 0.15) is 30.6 Å². The number of halogens is 1. The van der Waals surface area contributed by atoms with Crippen LogP contribution >= 0.6 is 11.6 Å². The molecule has 6 nitrogen and oxygen atoms in total. The van der Waals surface area contributed by atoms with Gasteiger partial charge in [0.2, 0.25) is 11.8 Å². The zero-order valence-corrected chi connectivity index (χ0v) is 14.8. The standard InChI is InChI=1S/C18H20ClN3O3/c1-12-10-16(21-25-12)20-18(24)15-6-3-9-22(15)17(23)8-7-13-4-2-5-14(19)11-13/h2,4-5,10-11,15H,3,6-9H2,1H3,(H,20,21,24). The van der Waals surface area contributed by atoms with E-state index >= 15 is 0 Å². The first kappa shape index (κ1) is 17.5. The summed E-state index contributed by atoms with van der Waals surface area (Å²) >= 11 is 5.97. The normalized spacial score (nSPS) is 16.9. The maximum atomic E-state index is 12.6. The maximum Gasteiger partial charge on any atom is 0.248 e. The number of hydrogen-bond acceptors (Lipinski definition) is 4. The predicted octanol–water partition coefficient (Wildman–Crippen LogP) is 3.20. The third-order valence-corrected chi connectivity index (χ3v) is 4.51. The number of aromatic nitrogens is 1. The number of amides is 2. The van der Waals surface area contributed by atoms with E-state index in [4.69, 9.17) is 16.1 Å². The van der Waals surface area contributed by atoms with E-state index in [1.807, 2.05) is 18.2 Å². The summed E-state index contributed by atoms with van der Waals surface area (Å²) in [4.78, 5) is 26.7. The van der Waals surface area contributed by atoms with Crippen LogP contribution in [-0.4, -0.2) is 34.5 Å². The molecule has 1 aliphatic heterocycles. The van der Waals surface area contributed by atoms with Crippen LogP contribution < -0.4 is 5.32 Å². The Bertz CT molecular complexity index is 774. The topological polar surface area (TPSA) is 75.4 Å². The van der Waals surface area contributed by atoms with Gasteiger partial charge in [0.25, 0.3) is 0 Å². The zero-order chi connectivity index (χ0) is 17.8. The van der Waals surface area contributed by atoms with Crippen molar-refractivity contribution in [2.75, 3.05) is 11.9 Å². The molecule has 25 heavy (non-hydrogen) atoms. The van der Waals surface area contributed by atoms with Crippen molar-refractivity contribution in [2.45, 2.75) is 38.6 Å². The molecule has 2 aromatic rings. The first-order chi connectivity index (χ1) is 12.0. The summed E-state index contributed by atoms with van der Waals surface area (Å²) in [5.41, 5.74) is 1.01. The molecule has 1 aliphatic rings. The Labute approximate surface area is 151 Å². The lowest BCUT2D eigenvalue weighted by Crippen LogP contribution is -2.43. The number of rotatable bonds is 5. The molecule has 0 radical (unpaired) electrons. The summed E-state index contributed by atoms with van der Waals surface area (Å²) in [5.74, 6) is 0.757. The number of carbonyl (C=O) groups is 2. The molecule has 132 valence electrons. The number of anilines is 1. The van der Waals surface area contributed by atoms with Gasteiger partial charge in [0, 0.05) is 24.1 Å². The second-order valence-electron chi connectivity index (χ2n) is 6.19. The fourth-order valence-electron chi connectivity index (χ4n) is 3.06. The first-order valence-corrected chi connectivity index (χ1v) is 8.69. The van der Waals surface area contributed by atoms with Crippen LogP contribution in [0.2, 0.25) is 5.02 Å². The van der Waals surface area contributed by atoms with Gasteiger partial charge in [-0.1, -0.05) is 28.9 Å². The van der Waals surface area contributed by atoms with Crippen LogP contribution in [0.15, 0.2) is 34.9 Å². The fourth-order valence-corrected chi connectivity index (χ4v) is 3.27. The highest BCUT2D eigenvalue weighted by atomic mass is 35.5. The van der Waals surface area contributed by atoms with Crippen LogP contribution in [0.5, 0.6) is 0 Å². The highest BCUT2D eigenvalue weighted by Gasteiger charge is 2.34. The Morgan fingerprint density at radius 3 is 2.96 bits per heavy atom. The molecule has 0 bridgehead atoms. The van der Waals surface area contributed by atoms with E-state index in [9.17, 15) is 9.59 Å². The van der Waals surface area contributed by atoms with E-state index in [2.05, 4.69) is 10.5 Å². The molecular formula is C18H20ClN3O3. The molecule has 1 atom stereocenters. The van der Waals surface area contributed by atoms with Crippen LogP contribution in [-0.2, 0) is 16.0 Å². The molecule has 1 saturated heterocycles. The van der Waals surface area contributed by atoms with Gasteiger partial charge in [0.1, 0.15) is 11.8 Å². The SMILES string of the molecule is Cc1cc(NC(=O)C2CCCN2C(=O)CCc2cccc(Cl)c2)no1. The Kier molecular flexibility index (Phi) is 5.38. The van der Waals surface area contributed by atoms with Crippen molar-refractivity contribution in [2.24, 2.45) is 0 Å². The van der Waals surface area contributed by atoms with Crippen molar-refractivity contribution in [3.8, 4) is 0 Å². The van der Waals surface area contributed by atoms with Gasteiger partial charge in [0.05, 0.1) is 0 Å². The number of aryl methyl sites for hydroxylation is 2. The Balaban J connectivity index is 1.58. The third-order valence-electron chi connectivity index (χ3n) is 4.27. The van der Waals surface area contributed by atoms with Crippen LogP contribution in [0.25, 0.3) is 0 Å². The molecule has 1 N–H and O–H groups in total. The van der Waals surface area contributed by atoms with Crippen molar-refractivity contribution < 1.29 is 14.1 Å². The second kappa shape index (κ2) is 7.70. The molecule has 0 aliphatic carbocycles. The van der Waals surface area contributed by atoms with Gasteiger partial charge in [-0.05, 0) is 43.9 Å². The lowest BCUT2D eigenvalue weighted by atomic mass is 10.1. The quantitative estimate of drug-likeness (QED) is 0.887. The summed E-state index contributed by atoms with van der Waals surface area (Å²) in [6.07, 6.45) is 2.43. The number of nitrogens with one attached hydrogen (secondary N) is 1. The van der Waals surface area contributed by atoms with Gasteiger partial charge >= 0.3 is 0 Å². The smallest absolute Gasteiger partial charge is 0.248 e. The Morgan fingerprint density at radius 1 is 1.40 bits per heavy atom. The van der Waals surface area contributed by atoms with E-state index in [0.29, 0.717) is 42.4 Å². The first-order valence-electron chi connectivity index (χ1n) is 8.31. The molecular weight excluding hydrogens is 342 g/mol. The van der Waals surface area contributed by atoms with Gasteiger partial charge in [-0.3, -0.25) is 9.59 Å². The van der Waals surface area contributed by atoms with Crippen molar-refractivity contribution in [3.05, 3.63) is 46.7 Å². The Hall–Kier alpha value is -2.34. The molecule has 1 aromatic heterocycles. The molecule has 1 aromatic carbocycles. The molecule has 0 saturated carbocycles. The lowest BCUT2D eigenvalue weighted by molar-refractivity contribution is -0.136. The van der Waals surface area contributed by atoms with Crippen LogP contribution in [0.3, 0.4) is 0 Å². The summed E-state index contributed by atoms with van der Waals surface area (Å²) in [7, 11) is 0. The average Bonchev–Trinajstić information content (AvgIpc) is 3.22. The van der Waals surface area contributed by atoms with E-state index in [1.165, 1.54) is 0 Å². The van der Waals surface area contributed by atoms with Gasteiger partial charge in [-0.2, -0.15) is 0 Å². The summed E-state index contributed by atoms with van der Waals surface area (Å²) in [6, 6.07) is 8.67. The van der Waals surface area contributed by atoms with Gasteiger partial charge in [0.15, 0.2) is 5.82 Å². The van der Waals surface area contributed by atoms with Crippen LogP contribution in [0, 0.1) is 6.92 Å². The minimum atomic E-state index is -0.455. The lowest BCUT2D eigenvalue weighted by Gasteiger charge is -2.23. The molecule has 7 heteroatoms. The molecule has 1 unspecified atom stereocenters. The predicted molar refractivity (Wildman–Crippen MR) is 94.4 cm³/mol. The highest BCUT2D eigenvalue weighted by Crippen LogP contribution is 2.21. The van der Waals surface area contributed by atoms with Crippen molar-refractivity contribution in [3.63, 3.8) is 0 Å². The van der Waals surface area contributed by atoms with Crippen molar-refractivity contribution in [1.82, 2.24) is 10.1 Å². The number of benzene rings is 1. The fraction of sp³-hybridized carbons (Fsp3) is 0.389. The van der Waals surface area contributed by atoms with Crippen molar-refractivity contribution >= 4 is 29.2 Å². The van der Waals surface area contributed by atoms with Crippen molar-refractivity contribution in [1.29, 1.82) is 0 Å². The van der Waals surface area contributed by atoms with E-state index in [-0.39, 0.29) is 11.8 Å². The molecule has 2 heterocycles. The number of carbonyl (C=O) groups excluding carboxylic acids is 2. The Morgan fingerprint density at radius 2 is 2.24 bits per heavy atom. The average molecular weight is 362 g/mol. The maximum absolute atomic E-state index is 12.6. The summed E-state index contributed by atoms with van der Waals surface area (Å²) < 4.78 is 4.94. The summed E-state index contributed by atoms with van der Waals surface area (Å²) in [5, 5.41) is 7.13. The van der Waals surface area contributed by atoms with E-state index < -0.39 is 6.04 Å². The minimum absolute atomic E-state index is 0.0195. The van der Waals surface area contributed by atoms with Gasteiger partial charge < -0.3 is 14.7 Å². The van der Waals surface area contributed by atoms with Gasteiger partial charge in [-0.15, -0.1) is 0 Å². The van der Waals surface area contributed by atoms with E-state index in [1.54, 1.807) is 24.0 Å². The second-order valence-corrected chi connectivity index (χ2v) is 6.62. The van der Waals surface area contributed by atoms with Crippen LogP contribution in [0.4, 0.5) is 5.82 Å². The van der Waals surface area contributed by atoms with E-state index in [0.717, 1.165) is 12.0 Å². The molecule has 2 amide bonds. The number of nitrogens with zero attached hydrogens (tertiary/aromatic N) is 2. The minimum Gasteiger partial charge on any atom is -0.360 e. The highest BCUT2D eigenvalue weighted by molar-refractivity contribution is 6.30.